The molecule has 2 aromatic rings. The molecule has 1 amide bonds. The van der Waals surface area contributed by atoms with Crippen LogP contribution in [0.4, 0.5) is 0 Å². The molecule has 40 heavy (non-hydrogen) atoms. The van der Waals surface area contributed by atoms with Crippen LogP contribution in [0.25, 0.3) is 11.1 Å². The average molecular weight is 545 g/mol. The van der Waals surface area contributed by atoms with Gasteiger partial charge in [-0.15, -0.1) is 0 Å². The molecular weight excluding hydrogens is 500 g/mol. The van der Waals surface area contributed by atoms with Crippen LogP contribution in [0.5, 0.6) is 0 Å². The molecule has 6 rings (SSSR count). The van der Waals surface area contributed by atoms with E-state index < -0.39 is 6.29 Å². The normalized spacial score (nSPS) is 25.2. The summed E-state index contributed by atoms with van der Waals surface area (Å²) >= 11 is 0. The van der Waals surface area contributed by atoms with Gasteiger partial charge in [0.25, 0.3) is 5.91 Å². The second-order valence-electron chi connectivity index (χ2n) is 11.9. The molecule has 2 aromatic carbocycles. The van der Waals surface area contributed by atoms with Gasteiger partial charge in [0.2, 0.25) is 6.29 Å². The van der Waals surface area contributed by atoms with Gasteiger partial charge in [0.1, 0.15) is 0 Å². The van der Waals surface area contributed by atoms with Gasteiger partial charge in [0, 0.05) is 44.2 Å². The summed E-state index contributed by atoms with van der Waals surface area (Å²) < 4.78 is 12.6. The number of ether oxygens (including phenoxy) is 2. The number of carbonyl (C=O) groups excluding carboxylic acids is 1. The second-order valence-corrected chi connectivity index (χ2v) is 11.9. The van der Waals surface area contributed by atoms with Crippen LogP contribution in [0, 0.1) is 5.92 Å². The van der Waals surface area contributed by atoms with Crippen molar-refractivity contribution in [3.05, 3.63) is 71.0 Å². The Labute approximate surface area is 239 Å². The summed E-state index contributed by atoms with van der Waals surface area (Å²) in [6.07, 6.45) is 9.89. The molecular formula is C34H44N2O4. The van der Waals surface area contributed by atoms with Gasteiger partial charge < -0.3 is 24.4 Å². The van der Waals surface area contributed by atoms with E-state index in [1.165, 1.54) is 60.2 Å². The summed E-state index contributed by atoms with van der Waals surface area (Å²) in [5.74, 6) is 0.408. The predicted molar refractivity (Wildman–Crippen MR) is 157 cm³/mol. The smallest absolute Gasteiger partial charge is 0.288 e. The molecule has 0 bridgehead atoms. The summed E-state index contributed by atoms with van der Waals surface area (Å²) in [6.45, 7) is 6.55. The predicted octanol–water partition coefficient (Wildman–Crippen LogP) is 5.48. The number of nitrogens with zero attached hydrogens (tertiary/aromatic N) is 2. The Morgan fingerprint density at radius 3 is 2.55 bits per heavy atom. The van der Waals surface area contributed by atoms with E-state index in [1.54, 1.807) is 0 Å². The lowest BCUT2D eigenvalue weighted by Gasteiger charge is -2.42. The molecule has 0 saturated carbocycles. The van der Waals surface area contributed by atoms with Crippen molar-refractivity contribution in [2.75, 3.05) is 39.4 Å². The number of piperidine rings is 2. The Morgan fingerprint density at radius 1 is 1.00 bits per heavy atom. The molecule has 214 valence electrons. The van der Waals surface area contributed by atoms with Crippen molar-refractivity contribution >= 4 is 5.91 Å². The van der Waals surface area contributed by atoms with Gasteiger partial charge >= 0.3 is 0 Å². The van der Waals surface area contributed by atoms with E-state index in [9.17, 15) is 9.90 Å². The lowest BCUT2D eigenvalue weighted by molar-refractivity contribution is -0.171. The number of hydrogen-bond acceptors (Lipinski definition) is 5. The first-order valence-corrected chi connectivity index (χ1v) is 15.5. The van der Waals surface area contributed by atoms with E-state index in [4.69, 9.17) is 9.47 Å². The van der Waals surface area contributed by atoms with Gasteiger partial charge in [0.15, 0.2) is 5.76 Å². The van der Waals surface area contributed by atoms with Gasteiger partial charge in [-0.1, -0.05) is 48.9 Å². The molecule has 2 fully saturated rings. The third-order valence-corrected chi connectivity index (χ3v) is 9.53. The largest absolute Gasteiger partial charge is 0.459 e. The fraction of sp³-hybridized carbons (Fsp3) is 0.559. The number of aliphatic hydroxyl groups excluding tert-OH is 1. The second kappa shape index (κ2) is 12.5. The van der Waals surface area contributed by atoms with Crippen LogP contribution in [0.15, 0.2) is 54.3 Å². The lowest BCUT2D eigenvalue weighted by Crippen LogP contribution is -2.49. The number of allylic oxidation sites excluding steroid dienone is 1. The Kier molecular flexibility index (Phi) is 8.56. The molecule has 3 atom stereocenters. The van der Waals surface area contributed by atoms with Crippen molar-refractivity contribution < 1.29 is 19.4 Å². The van der Waals surface area contributed by atoms with Crippen LogP contribution in [0.1, 0.15) is 74.5 Å². The summed E-state index contributed by atoms with van der Waals surface area (Å²) in [4.78, 5) is 18.6. The third kappa shape index (κ3) is 5.46. The topological polar surface area (TPSA) is 62.2 Å². The number of aliphatic hydroxyl groups is 1. The number of carbonyl (C=O) groups is 1. The Bertz CT molecular complexity index is 1210. The summed E-state index contributed by atoms with van der Waals surface area (Å²) in [6, 6.07) is 15.8. The van der Waals surface area contributed by atoms with Crippen LogP contribution >= 0.6 is 0 Å². The first-order chi connectivity index (χ1) is 19.7. The zero-order valence-corrected chi connectivity index (χ0v) is 23.9. The SMILES string of the molecule is CCO[C@@H]1OC(C(=O)N2CCC(N3CCCCC3)CC2)=C[C@H](c2cccc3c2Cc2ccccc2-3)[C@@H]1CCCO. The highest BCUT2D eigenvalue weighted by Gasteiger charge is 2.41. The van der Waals surface area contributed by atoms with Crippen molar-refractivity contribution in [2.45, 2.75) is 76.5 Å². The van der Waals surface area contributed by atoms with Crippen LogP contribution in [0.2, 0.25) is 0 Å². The molecule has 1 N–H and O–H groups in total. The molecule has 3 aliphatic heterocycles. The maximum absolute atomic E-state index is 13.9. The average Bonchev–Trinajstić information content (AvgIpc) is 3.39. The minimum Gasteiger partial charge on any atom is -0.459 e. The van der Waals surface area contributed by atoms with Crippen LogP contribution in [0.3, 0.4) is 0 Å². The number of benzene rings is 2. The molecule has 1 aliphatic carbocycles. The summed E-state index contributed by atoms with van der Waals surface area (Å²) in [5.41, 5.74) is 6.53. The van der Waals surface area contributed by atoms with Gasteiger partial charge in [-0.05, 0) is 98.9 Å². The maximum atomic E-state index is 13.9. The monoisotopic (exact) mass is 544 g/mol. The number of rotatable bonds is 8. The van der Waals surface area contributed by atoms with E-state index in [-0.39, 0.29) is 24.3 Å². The maximum Gasteiger partial charge on any atom is 0.288 e. The minimum absolute atomic E-state index is 0.0109. The van der Waals surface area contributed by atoms with E-state index in [1.807, 2.05) is 11.8 Å². The van der Waals surface area contributed by atoms with E-state index >= 15 is 0 Å². The van der Waals surface area contributed by atoms with Gasteiger partial charge in [-0.3, -0.25) is 4.79 Å². The molecule has 3 heterocycles. The fourth-order valence-electron chi connectivity index (χ4n) is 7.48. The lowest BCUT2D eigenvalue weighted by atomic mass is 9.78. The van der Waals surface area contributed by atoms with Crippen molar-refractivity contribution in [2.24, 2.45) is 5.92 Å². The highest BCUT2D eigenvalue weighted by molar-refractivity contribution is 5.92. The third-order valence-electron chi connectivity index (χ3n) is 9.53. The van der Waals surface area contributed by atoms with E-state index in [0.717, 1.165) is 38.8 Å². The number of hydrogen-bond donors (Lipinski definition) is 1. The van der Waals surface area contributed by atoms with Crippen LogP contribution < -0.4 is 0 Å². The number of likely N-dealkylation sites (tertiary alicyclic amines) is 2. The molecule has 6 heteroatoms. The molecule has 0 spiro atoms. The zero-order valence-electron chi connectivity index (χ0n) is 23.9. The molecule has 0 unspecified atom stereocenters. The van der Waals surface area contributed by atoms with Crippen LogP contribution in [-0.2, 0) is 20.7 Å². The van der Waals surface area contributed by atoms with Crippen molar-refractivity contribution in [3.63, 3.8) is 0 Å². The van der Waals surface area contributed by atoms with Crippen LogP contribution in [-0.4, -0.2) is 72.5 Å². The highest BCUT2D eigenvalue weighted by atomic mass is 16.7. The summed E-state index contributed by atoms with van der Waals surface area (Å²) in [7, 11) is 0. The fourth-order valence-corrected chi connectivity index (χ4v) is 7.48. The van der Waals surface area contributed by atoms with Crippen molar-refractivity contribution in [1.82, 2.24) is 9.80 Å². The molecule has 2 saturated heterocycles. The minimum atomic E-state index is -0.518. The standard InChI is InChI=1S/C34H44N2O4/c1-2-39-34-29(14-9-21-37)31(28-13-8-12-27-26-11-5-4-10-24(26)22-30(27)28)23-32(40-34)33(38)36-19-15-25(16-20-36)35-17-6-3-7-18-35/h4-5,8,10-13,23,25,29,31,34,37H,2-3,6-7,9,14-22H2,1H3/t29-,31+,34+/m0/s1. The Balaban J connectivity index is 1.28. The Morgan fingerprint density at radius 2 is 1.77 bits per heavy atom. The van der Waals surface area contributed by atoms with Crippen molar-refractivity contribution in [3.8, 4) is 11.1 Å². The van der Waals surface area contributed by atoms with Gasteiger partial charge in [-0.25, -0.2) is 0 Å². The molecule has 6 nitrogen and oxygen atoms in total. The van der Waals surface area contributed by atoms with Crippen molar-refractivity contribution in [1.29, 1.82) is 0 Å². The molecule has 0 radical (unpaired) electrons. The van der Waals surface area contributed by atoms with E-state index in [0.29, 0.717) is 24.8 Å². The quantitative estimate of drug-likeness (QED) is 0.407. The first kappa shape index (κ1) is 27.5. The number of amides is 1. The first-order valence-electron chi connectivity index (χ1n) is 15.5. The van der Waals surface area contributed by atoms with E-state index in [2.05, 4.69) is 53.4 Å². The Hall–Kier alpha value is -2.67. The number of fused-ring (bicyclic) bond motifs is 3. The highest BCUT2D eigenvalue weighted by Crippen LogP contribution is 2.46. The molecule has 4 aliphatic rings. The van der Waals surface area contributed by atoms with Gasteiger partial charge in [0.05, 0.1) is 0 Å². The van der Waals surface area contributed by atoms with Gasteiger partial charge in [-0.2, -0.15) is 0 Å². The summed E-state index contributed by atoms with van der Waals surface area (Å²) in [5, 5.41) is 9.71. The zero-order chi connectivity index (χ0) is 27.5. The molecule has 0 aromatic heterocycles.